The smallest absolute Gasteiger partial charge is 0.243 e. The van der Waals surface area contributed by atoms with Gasteiger partial charge >= 0.3 is 0 Å². The highest BCUT2D eigenvalue weighted by Gasteiger charge is 2.03. The topological polar surface area (TPSA) is 45.7 Å². The zero-order valence-corrected chi connectivity index (χ0v) is 5.76. The highest BCUT2D eigenvalue weighted by molar-refractivity contribution is 5.18. The van der Waals surface area contributed by atoms with Crippen LogP contribution in [0.25, 0.3) is 0 Å². The number of nitrogens with two attached hydrogens (primary N) is 1. The molecule has 0 aliphatic carbocycles. The largest absolute Gasteiger partial charge is 0.363 e. The minimum absolute atomic E-state index is 0.485. The molecule has 0 spiro atoms. The van der Waals surface area contributed by atoms with Crippen molar-refractivity contribution >= 4 is 5.82 Å². The standard InChI is InChI=1S/C6H11N3/c1-5(2)9-3-6(7)8-4-9/h3-5H,7H2,1-2H3/p+1. The van der Waals surface area contributed by atoms with Gasteiger partial charge in [-0.2, -0.15) is 0 Å². The normalized spacial score (nSPS) is 10.6. The number of aromatic nitrogens is 2. The second-order valence-corrected chi connectivity index (χ2v) is 2.40. The minimum Gasteiger partial charge on any atom is -0.363 e. The molecule has 50 valence electrons. The van der Waals surface area contributed by atoms with Crippen molar-refractivity contribution in [2.24, 2.45) is 0 Å². The van der Waals surface area contributed by atoms with Gasteiger partial charge in [-0.25, -0.2) is 9.55 Å². The van der Waals surface area contributed by atoms with E-state index in [9.17, 15) is 0 Å². The third-order valence-electron chi connectivity index (χ3n) is 1.26. The molecule has 0 bridgehead atoms. The Labute approximate surface area is 54.5 Å². The average molecular weight is 126 g/mol. The first-order valence-corrected chi connectivity index (χ1v) is 3.05. The van der Waals surface area contributed by atoms with Crippen molar-refractivity contribution in [1.29, 1.82) is 0 Å². The SMILES string of the molecule is CC(C)[n+]1c[nH]c(N)c1. The van der Waals surface area contributed by atoms with Gasteiger partial charge < -0.3 is 5.73 Å². The molecule has 3 nitrogen and oxygen atoms in total. The highest BCUT2D eigenvalue weighted by atomic mass is 15.1. The monoisotopic (exact) mass is 126 g/mol. The summed E-state index contributed by atoms with van der Waals surface area (Å²) in [5.74, 6) is 0.712. The Bertz CT molecular complexity index is 190. The molecule has 0 aromatic carbocycles. The molecule has 9 heavy (non-hydrogen) atoms. The zero-order valence-electron chi connectivity index (χ0n) is 5.76. The molecule has 3 N–H and O–H groups in total. The van der Waals surface area contributed by atoms with Crippen LogP contribution in [-0.4, -0.2) is 4.98 Å². The van der Waals surface area contributed by atoms with Crippen LogP contribution in [0.3, 0.4) is 0 Å². The van der Waals surface area contributed by atoms with Crippen LogP contribution in [0.2, 0.25) is 0 Å². The number of hydrogen-bond donors (Lipinski definition) is 2. The summed E-state index contributed by atoms with van der Waals surface area (Å²) >= 11 is 0. The van der Waals surface area contributed by atoms with Gasteiger partial charge in [-0.1, -0.05) is 0 Å². The molecule has 0 radical (unpaired) electrons. The Balaban J connectivity index is 2.85. The molecule has 1 aromatic heterocycles. The third-order valence-corrected chi connectivity index (χ3v) is 1.26. The lowest BCUT2D eigenvalue weighted by atomic mass is 10.4. The molecule has 1 heterocycles. The van der Waals surface area contributed by atoms with Crippen LogP contribution >= 0.6 is 0 Å². The summed E-state index contributed by atoms with van der Waals surface area (Å²) in [4.78, 5) is 2.89. The van der Waals surface area contributed by atoms with Crippen LogP contribution in [-0.2, 0) is 0 Å². The number of H-pyrrole nitrogens is 1. The van der Waals surface area contributed by atoms with Crippen molar-refractivity contribution in [2.45, 2.75) is 19.9 Å². The summed E-state index contributed by atoms with van der Waals surface area (Å²) in [6.45, 7) is 4.21. The van der Waals surface area contributed by atoms with Crippen molar-refractivity contribution < 1.29 is 4.57 Å². The van der Waals surface area contributed by atoms with Gasteiger partial charge in [-0.3, -0.25) is 0 Å². The molecule has 1 aromatic rings. The summed E-state index contributed by atoms with van der Waals surface area (Å²) in [7, 11) is 0. The lowest BCUT2D eigenvalue weighted by Gasteiger charge is -1.95. The molecule has 0 unspecified atom stereocenters. The second kappa shape index (κ2) is 2.09. The predicted molar refractivity (Wildman–Crippen MR) is 35.8 cm³/mol. The Morgan fingerprint density at radius 1 is 1.67 bits per heavy atom. The van der Waals surface area contributed by atoms with E-state index >= 15 is 0 Å². The summed E-state index contributed by atoms with van der Waals surface area (Å²) in [6, 6.07) is 0.485. The maximum Gasteiger partial charge on any atom is 0.243 e. The Kier molecular flexibility index (Phi) is 1.42. The number of anilines is 1. The van der Waals surface area contributed by atoms with E-state index in [2.05, 4.69) is 18.8 Å². The highest BCUT2D eigenvalue weighted by Crippen LogP contribution is 1.93. The van der Waals surface area contributed by atoms with Crippen molar-refractivity contribution in [3.8, 4) is 0 Å². The average Bonchev–Trinajstić information content (AvgIpc) is 2.14. The number of nitrogen functional groups attached to an aromatic ring is 1. The van der Waals surface area contributed by atoms with Crippen molar-refractivity contribution in [3.05, 3.63) is 12.5 Å². The third kappa shape index (κ3) is 1.22. The lowest BCUT2D eigenvalue weighted by Crippen LogP contribution is -2.32. The van der Waals surface area contributed by atoms with E-state index in [0.717, 1.165) is 0 Å². The van der Waals surface area contributed by atoms with E-state index < -0.39 is 0 Å². The fraction of sp³-hybridized carbons (Fsp3) is 0.500. The first kappa shape index (κ1) is 6.13. The Morgan fingerprint density at radius 2 is 2.33 bits per heavy atom. The van der Waals surface area contributed by atoms with Crippen molar-refractivity contribution in [1.82, 2.24) is 4.98 Å². The first-order chi connectivity index (χ1) is 4.20. The van der Waals surface area contributed by atoms with Crippen LogP contribution in [0, 0.1) is 0 Å². The predicted octanol–water partition coefficient (Wildman–Crippen LogP) is 0.465. The summed E-state index contributed by atoms with van der Waals surface area (Å²) < 4.78 is 2.02. The lowest BCUT2D eigenvalue weighted by molar-refractivity contribution is -0.714. The maximum absolute atomic E-state index is 5.44. The Hall–Kier alpha value is -0.990. The molecule has 0 saturated heterocycles. The van der Waals surface area contributed by atoms with Gasteiger partial charge in [0.15, 0.2) is 6.20 Å². The van der Waals surface area contributed by atoms with Crippen molar-refractivity contribution in [3.63, 3.8) is 0 Å². The minimum atomic E-state index is 0.485. The van der Waals surface area contributed by atoms with E-state index in [1.807, 2.05) is 17.1 Å². The summed E-state index contributed by atoms with van der Waals surface area (Å²) in [5, 5.41) is 0. The molecule has 0 saturated carbocycles. The number of imidazole rings is 1. The van der Waals surface area contributed by atoms with Crippen LogP contribution in [0.4, 0.5) is 5.82 Å². The van der Waals surface area contributed by atoms with E-state index in [0.29, 0.717) is 11.9 Å². The molecule has 0 atom stereocenters. The molecular weight excluding hydrogens is 114 g/mol. The van der Waals surface area contributed by atoms with Gasteiger partial charge in [-0.15, -0.1) is 0 Å². The van der Waals surface area contributed by atoms with Gasteiger partial charge in [-0.05, 0) is 13.8 Å². The van der Waals surface area contributed by atoms with Gasteiger partial charge in [0.25, 0.3) is 0 Å². The first-order valence-electron chi connectivity index (χ1n) is 3.05. The molecule has 3 heteroatoms. The molecule has 0 fully saturated rings. The molecular formula is C6H12N3+. The fourth-order valence-corrected chi connectivity index (χ4v) is 0.682. The number of hydrogen-bond acceptors (Lipinski definition) is 1. The van der Waals surface area contributed by atoms with Crippen LogP contribution in [0.1, 0.15) is 19.9 Å². The van der Waals surface area contributed by atoms with Gasteiger partial charge in [0, 0.05) is 0 Å². The van der Waals surface area contributed by atoms with E-state index in [-0.39, 0.29) is 0 Å². The summed E-state index contributed by atoms with van der Waals surface area (Å²) in [6.07, 6.45) is 3.74. The molecule has 1 rings (SSSR count). The van der Waals surface area contributed by atoms with Crippen LogP contribution in [0.15, 0.2) is 12.5 Å². The summed E-state index contributed by atoms with van der Waals surface area (Å²) in [5.41, 5.74) is 5.44. The number of nitrogens with one attached hydrogen (secondary N) is 1. The Morgan fingerprint density at radius 3 is 2.56 bits per heavy atom. The van der Waals surface area contributed by atoms with Gasteiger partial charge in [0.2, 0.25) is 12.1 Å². The molecule has 0 amide bonds. The number of rotatable bonds is 1. The van der Waals surface area contributed by atoms with Gasteiger partial charge in [0.05, 0.1) is 6.04 Å². The number of nitrogens with zero attached hydrogens (tertiary/aromatic N) is 1. The molecule has 0 aliphatic heterocycles. The van der Waals surface area contributed by atoms with Crippen LogP contribution in [0.5, 0.6) is 0 Å². The maximum atomic E-state index is 5.44. The second-order valence-electron chi connectivity index (χ2n) is 2.40. The van der Waals surface area contributed by atoms with Crippen LogP contribution < -0.4 is 10.3 Å². The van der Waals surface area contributed by atoms with Gasteiger partial charge in [0.1, 0.15) is 0 Å². The van der Waals surface area contributed by atoms with E-state index in [1.165, 1.54) is 0 Å². The van der Waals surface area contributed by atoms with Crippen molar-refractivity contribution in [2.75, 3.05) is 5.73 Å². The fourth-order valence-electron chi connectivity index (χ4n) is 0.682. The number of aromatic amines is 1. The molecule has 0 aliphatic rings. The zero-order chi connectivity index (χ0) is 6.85. The van der Waals surface area contributed by atoms with E-state index in [1.54, 1.807) is 0 Å². The quantitative estimate of drug-likeness (QED) is 0.528. The van der Waals surface area contributed by atoms with E-state index in [4.69, 9.17) is 5.73 Å².